The van der Waals surface area contributed by atoms with Gasteiger partial charge < -0.3 is 9.80 Å². The Hall–Kier alpha value is -2.90. The maximum Gasteiger partial charge on any atom is 0.274 e. The van der Waals surface area contributed by atoms with Gasteiger partial charge >= 0.3 is 0 Å². The average Bonchev–Trinajstić information content (AvgIpc) is 3.28. The summed E-state index contributed by atoms with van der Waals surface area (Å²) >= 11 is 0. The van der Waals surface area contributed by atoms with Crippen molar-refractivity contribution in [2.45, 2.75) is 13.5 Å². The van der Waals surface area contributed by atoms with E-state index in [1.807, 2.05) is 46.8 Å². The molecule has 0 radical (unpaired) electrons. The minimum atomic E-state index is -0.00653. The van der Waals surface area contributed by atoms with Crippen molar-refractivity contribution in [2.75, 3.05) is 31.1 Å². The number of piperazine rings is 1. The molecule has 0 aliphatic carbocycles. The first-order valence-electron chi connectivity index (χ1n) is 8.13. The maximum absolute atomic E-state index is 12.5. The topological polar surface area (TPSA) is 71.6 Å². The molecule has 1 amide bonds. The third kappa shape index (κ3) is 2.49. The van der Waals surface area contributed by atoms with Crippen LogP contribution >= 0.6 is 0 Å². The van der Waals surface area contributed by atoms with Crippen LogP contribution in [0.5, 0.6) is 0 Å². The number of anilines is 1. The Morgan fingerprint density at radius 1 is 1.08 bits per heavy atom. The second-order valence-electron chi connectivity index (χ2n) is 5.76. The first kappa shape index (κ1) is 14.7. The van der Waals surface area contributed by atoms with Crippen LogP contribution < -0.4 is 4.90 Å². The monoisotopic (exact) mass is 325 g/mol. The Kier molecular flexibility index (Phi) is 3.64. The van der Waals surface area contributed by atoms with Crippen LogP contribution in [-0.4, -0.2) is 61.4 Å². The molecule has 0 bridgehead atoms. The summed E-state index contributed by atoms with van der Waals surface area (Å²) in [5.41, 5.74) is 1.34. The molecule has 3 aromatic rings. The number of aromatic nitrogens is 5. The Bertz CT molecular complexity index is 860. The van der Waals surface area contributed by atoms with Crippen LogP contribution in [0.4, 0.5) is 5.95 Å². The Morgan fingerprint density at radius 3 is 2.67 bits per heavy atom. The lowest BCUT2D eigenvalue weighted by molar-refractivity contribution is 0.0739. The van der Waals surface area contributed by atoms with E-state index in [4.69, 9.17) is 0 Å². The van der Waals surface area contributed by atoms with Gasteiger partial charge in [0, 0.05) is 45.1 Å². The fraction of sp³-hybridized carbons (Fsp3) is 0.375. The zero-order chi connectivity index (χ0) is 16.5. The van der Waals surface area contributed by atoms with Crippen molar-refractivity contribution in [1.82, 2.24) is 29.3 Å². The minimum absolute atomic E-state index is 0.00653. The van der Waals surface area contributed by atoms with Crippen LogP contribution in [0, 0.1) is 0 Å². The fourth-order valence-corrected chi connectivity index (χ4v) is 2.97. The van der Waals surface area contributed by atoms with Gasteiger partial charge in [0.25, 0.3) is 5.91 Å². The fourth-order valence-electron chi connectivity index (χ4n) is 2.97. The number of rotatable bonds is 3. The highest BCUT2D eigenvalue weighted by Gasteiger charge is 2.25. The van der Waals surface area contributed by atoms with Crippen LogP contribution in [0.3, 0.4) is 0 Å². The molecule has 0 saturated carbocycles. The van der Waals surface area contributed by atoms with Crippen molar-refractivity contribution in [2.24, 2.45) is 0 Å². The number of hydrogen-bond acceptors (Lipinski definition) is 5. The smallest absolute Gasteiger partial charge is 0.274 e. The van der Waals surface area contributed by atoms with Crippen LogP contribution in [0.2, 0.25) is 0 Å². The molecule has 1 aliphatic rings. The number of fused-ring (bicyclic) bond motifs is 1. The van der Waals surface area contributed by atoms with Crippen LogP contribution in [0.15, 0.2) is 36.7 Å². The minimum Gasteiger partial charge on any atom is -0.337 e. The Balaban J connectivity index is 1.45. The van der Waals surface area contributed by atoms with E-state index < -0.39 is 0 Å². The van der Waals surface area contributed by atoms with Gasteiger partial charge in [-0.3, -0.25) is 13.9 Å². The number of hydrogen-bond donors (Lipinski definition) is 0. The summed E-state index contributed by atoms with van der Waals surface area (Å²) < 4.78 is 3.74. The van der Waals surface area contributed by atoms with Crippen molar-refractivity contribution in [1.29, 1.82) is 0 Å². The lowest BCUT2D eigenvalue weighted by Gasteiger charge is -2.34. The summed E-state index contributed by atoms with van der Waals surface area (Å²) in [7, 11) is 0. The van der Waals surface area contributed by atoms with Crippen LogP contribution in [0.1, 0.15) is 17.4 Å². The summed E-state index contributed by atoms with van der Waals surface area (Å²) in [6.07, 6.45) is 3.80. The number of carbonyl (C=O) groups is 1. The van der Waals surface area contributed by atoms with Gasteiger partial charge in [-0.05, 0) is 25.1 Å². The summed E-state index contributed by atoms with van der Waals surface area (Å²) in [6, 6.07) is 7.62. The number of nitrogens with zero attached hydrogens (tertiary/aromatic N) is 7. The number of amides is 1. The van der Waals surface area contributed by atoms with Gasteiger partial charge in [0.2, 0.25) is 5.95 Å². The van der Waals surface area contributed by atoms with E-state index >= 15 is 0 Å². The molecule has 0 aromatic carbocycles. The molecule has 0 spiro atoms. The lowest BCUT2D eigenvalue weighted by atomic mass is 10.3. The molecule has 0 N–H and O–H groups in total. The third-order valence-corrected chi connectivity index (χ3v) is 4.33. The van der Waals surface area contributed by atoms with Gasteiger partial charge in [-0.25, -0.2) is 0 Å². The summed E-state index contributed by atoms with van der Waals surface area (Å²) in [6.45, 7) is 5.54. The normalized spacial score (nSPS) is 15.2. The second-order valence-corrected chi connectivity index (χ2v) is 5.76. The standard InChI is InChI=1S/C16H19N7O/c1-2-22-8-6-13(19-22)15(24)20-9-11-21(12-10-20)16-18-17-14-5-3-4-7-23(14)16/h3-8H,2,9-12H2,1H3. The Labute approximate surface area is 139 Å². The summed E-state index contributed by atoms with van der Waals surface area (Å²) in [4.78, 5) is 16.5. The molecule has 0 atom stereocenters. The van der Waals surface area contributed by atoms with Crippen molar-refractivity contribution >= 4 is 17.5 Å². The largest absolute Gasteiger partial charge is 0.337 e. The van der Waals surface area contributed by atoms with E-state index in [1.54, 1.807) is 10.7 Å². The first-order valence-corrected chi connectivity index (χ1v) is 8.13. The number of pyridine rings is 1. The average molecular weight is 325 g/mol. The quantitative estimate of drug-likeness (QED) is 0.716. The summed E-state index contributed by atoms with van der Waals surface area (Å²) in [5, 5.41) is 12.8. The molecule has 1 fully saturated rings. The third-order valence-electron chi connectivity index (χ3n) is 4.33. The van der Waals surface area contributed by atoms with E-state index in [9.17, 15) is 4.79 Å². The first-order chi connectivity index (χ1) is 11.8. The van der Waals surface area contributed by atoms with Gasteiger partial charge in [0.05, 0.1) is 0 Å². The van der Waals surface area contributed by atoms with Gasteiger partial charge in [0.15, 0.2) is 5.65 Å². The molecule has 3 aromatic heterocycles. The summed E-state index contributed by atoms with van der Waals surface area (Å²) in [5.74, 6) is 0.820. The van der Waals surface area contributed by atoms with Crippen molar-refractivity contribution < 1.29 is 4.79 Å². The number of aryl methyl sites for hydroxylation is 1. The molecular weight excluding hydrogens is 306 g/mol. The second kappa shape index (κ2) is 5.95. The van der Waals surface area contributed by atoms with Gasteiger partial charge in [-0.1, -0.05) is 6.07 Å². The highest BCUT2D eigenvalue weighted by Crippen LogP contribution is 2.16. The molecule has 24 heavy (non-hydrogen) atoms. The van der Waals surface area contributed by atoms with E-state index in [1.165, 1.54) is 0 Å². The zero-order valence-corrected chi connectivity index (χ0v) is 13.5. The highest BCUT2D eigenvalue weighted by atomic mass is 16.2. The van der Waals surface area contributed by atoms with Crippen LogP contribution in [-0.2, 0) is 6.54 Å². The van der Waals surface area contributed by atoms with E-state index in [0.717, 1.165) is 31.2 Å². The predicted molar refractivity (Wildman–Crippen MR) is 89.0 cm³/mol. The molecule has 1 aliphatic heterocycles. The predicted octanol–water partition coefficient (Wildman–Crippen LogP) is 0.908. The molecule has 1 saturated heterocycles. The molecule has 124 valence electrons. The van der Waals surface area contributed by atoms with Crippen LogP contribution in [0.25, 0.3) is 5.65 Å². The number of carbonyl (C=O) groups excluding carboxylic acids is 1. The van der Waals surface area contributed by atoms with Gasteiger partial charge in [0.1, 0.15) is 5.69 Å². The van der Waals surface area contributed by atoms with E-state index in [0.29, 0.717) is 18.8 Å². The van der Waals surface area contributed by atoms with Gasteiger partial charge in [-0.15, -0.1) is 10.2 Å². The van der Waals surface area contributed by atoms with E-state index in [-0.39, 0.29) is 5.91 Å². The molecule has 4 heterocycles. The highest BCUT2D eigenvalue weighted by molar-refractivity contribution is 5.92. The van der Waals surface area contributed by atoms with Crippen molar-refractivity contribution in [3.8, 4) is 0 Å². The SMILES string of the molecule is CCn1ccc(C(=O)N2CCN(c3nnc4ccccn34)CC2)n1. The van der Waals surface area contributed by atoms with Crippen molar-refractivity contribution in [3.63, 3.8) is 0 Å². The van der Waals surface area contributed by atoms with Crippen molar-refractivity contribution in [3.05, 3.63) is 42.4 Å². The van der Waals surface area contributed by atoms with Gasteiger partial charge in [-0.2, -0.15) is 5.10 Å². The maximum atomic E-state index is 12.5. The zero-order valence-electron chi connectivity index (χ0n) is 13.5. The molecule has 4 rings (SSSR count). The molecule has 0 unspecified atom stereocenters. The lowest BCUT2D eigenvalue weighted by Crippen LogP contribution is -2.49. The molecule has 8 heteroatoms. The molecular formula is C16H19N7O. The molecule has 8 nitrogen and oxygen atoms in total. The Morgan fingerprint density at radius 2 is 1.92 bits per heavy atom. The van der Waals surface area contributed by atoms with E-state index in [2.05, 4.69) is 20.2 Å².